The first-order valence-electron chi connectivity index (χ1n) is 11.4. The summed E-state index contributed by atoms with van der Waals surface area (Å²) in [7, 11) is 1.58. The standard InChI is InChI=1S/C27H22ClN5O4/c1-15-4-11-22(21(28)12-15)30-23(34)14-33-13-20(24(35)19-10-5-16(2)29-26(19)33)27-31-25(32-37-27)17-6-8-18(36-3)9-7-17/h4-13H,14H2,1-3H3,(H,30,34). The number of benzene rings is 2. The molecular weight excluding hydrogens is 494 g/mol. The molecule has 3 heterocycles. The molecule has 2 aromatic carbocycles. The summed E-state index contributed by atoms with van der Waals surface area (Å²) in [5.74, 6) is 0.707. The van der Waals surface area contributed by atoms with Crippen molar-refractivity contribution in [3.05, 3.63) is 87.3 Å². The van der Waals surface area contributed by atoms with Gasteiger partial charge in [0.1, 0.15) is 23.5 Å². The number of methoxy groups -OCH3 is 1. The number of carbonyl (C=O) groups is 1. The van der Waals surface area contributed by atoms with Crippen LogP contribution in [0, 0.1) is 13.8 Å². The van der Waals surface area contributed by atoms with Gasteiger partial charge in [-0.1, -0.05) is 22.8 Å². The fourth-order valence-corrected chi connectivity index (χ4v) is 4.17. The Morgan fingerprint density at radius 3 is 2.59 bits per heavy atom. The molecule has 0 bridgehead atoms. The number of aromatic nitrogens is 4. The number of aryl methyl sites for hydroxylation is 2. The first kappa shape index (κ1) is 24.2. The molecule has 5 aromatic rings. The largest absolute Gasteiger partial charge is 0.497 e. The summed E-state index contributed by atoms with van der Waals surface area (Å²) in [4.78, 5) is 35.3. The van der Waals surface area contributed by atoms with E-state index in [-0.39, 0.29) is 29.3 Å². The van der Waals surface area contributed by atoms with Gasteiger partial charge in [0, 0.05) is 17.5 Å². The lowest BCUT2D eigenvalue weighted by Crippen LogP contribution is -2.22. The molecule has 0 spiro atoms. The molecule has 37 heavy (non-hydrogen) atoms. The Labute approximate surface area is 216 Å². The van der Waals surface area contributed by atoms with E-state index in [4.69, 9.17) is 20.9 Å². The van der Waals surface area contributed by atoms with E-state index in [9.17, 15) is 9.59 Å². The third kappa shape index (κ3) is 4.94. The number of hydrogen-bond donors (Lipinski definition) is 1. The summed E-state index contributed by atoms with van der Waals surface area (Å²) in [5.41, 5.74) is 3.07. The smallest absolute Gasteiger partial charge is 0.263 e. The van der Waals surface area contributed by atoms with Gasteiger partial charge < -0.3 is 19.1 Å². The number of rotatable bonds is 6. The highest BCUT2D eigenvalue weighted by Gasteiger charge is 2.19. The Hall–Kier alpha value is -4.50. The molecule has 0 saturated heterocycles. The van der Waals surface area contributed by atoms with Crippen LogP contribution in [-0.4, -0.2) is 32.7 Å². The number of amides is 1. The molecule has 186 valence electrons. The second-order valence-corrected chi connectivity index (χ2v) is 8.91. The first-order chi connectivity index (χ1) is 17.8. The minimum absolute atomic E-state index is 0.0361. The Kier molecular flexibility index (Phi) is 6.45. The Morgan fingerprint density at radius 1 is 1.08 bits per heavy atom. The number of anilines is 1. The SMILES string of the molecule is COc1ccc(-c2noc(-c3cn(CC(=O)Nc4ccc(C)cc4Cl)c4nc(C)ccc4c3=O)n2)cc1. The molecule has 3 aromatic heterocycles. The molecule has 1 N–H and O–H groups in total. The number of fused-ring (bicyclic) bond motifs is 1. The molecule has 0 aliphatic rings. The average Bonchev–Trinajstić information content (AvgIpc) is 3.37. The van der Waals surface area contributed by atoms with Gasteiger partial charge in [0.05, 0.1) is 23.2 Å². The van der Waals surface area contributed by atoms with Crippen molar-refractivity contribution < 1.29 is 14.1 Å². The highest BCUT2D eigenvalue weighted by molar-refractivity contribution is 6.33. The Morgan fingerprint density at radius 2 is 1.86 bits per heavy atom. The van der Waals surface area contributed by atoms with Crippen molar-refractivity contribution in [2.24, 2.45) is 0 Å². The van der Waals surface area contributed by atoms with Crippen LogP contribution in [0.4, 0.5) is 5.69 Å². The number of pyridine rings is 2. The van der Waals surface area contributed by atoms with Crippen LogP contribution in [0.1, 0.15) is 11.3 Å². The van der Waals surface area contributed by atoms with E-state index in [2.05, 4.69) is 20.4 Å². The van der Waals surface area contributed by atoms with Gasteiger partial charge in [-0.25, -0.2) is 4.98 Å². The molecule has 5 rings (SSSR count). The lowest BCUT2D eigenvalue weighted by molar-refractivity contribution is -0.116. The lowest BCUT2D eigenvalue weighted by Gasteiger charge is -2.13. The maximum absolute atomic E-state index is 13.4. The van der Waals surface area contributed by atoms with Crippen molar-refractivity contribution in [3.8, 4) is 28.6 Å². The predicted octanol–water partition coefficient (Wildman–Crippen LogP) is 5.03. The van der Waals surface area contributed by atoms with Gasteiger partial charge in [0.25, 0.3) is 5.89 Å². The minimum Gasteiger partial charge on any atom is -0.497 e. The highest BCUT2D eigenvalue weighted by Crippen LogP contribution is 2.25. The lowest BCUT2D eigenvalue weighted by atomic mass is 10.1. The van der Waals surface area contributed by atoms with Crippen LogP contribution in [0.5, 0.6) is 5.75 Å². The van der Waals surface area contributed by atoms with Crippen molar-refractivity contribution in [1.82, 2.24) is 19.7 Å². The number of hydrogen-bond acceptors (Lipinski definition) is 7. The van der Waals surface area contributed by atoms with Crippen LogP contribution in [0.3, 0.4) is 0 Å². The van der Waals surface area contributed by atoms with E-state index in [0.717, 1.165) is 5.56 Å². The van der Waals surface area contributed by atoms with Crippen molar-refractivity contribution in [1.29, 1.82) is 0 Å². The minimum atomic E-state index is -0.339. The Bertz CT molecular complexity index is 1690. The summed E-state index contributed by atoms with van der Waals surface area (Å²) < 4.78 is 12.2. The molecule has 0 aliphatic heterocycles. The van der Waals surface area contributed by atoms with Gasteiger partial charge in [-0.3, -0.25) is 9.59 Å². The van der Waals surface area contributed by atoms with E-state index in [1.54, 1.807) is 60.2 Å². The van der Waals surface area contributed by atoms with Gasteiger partial charge in [0.2, 0.25) is 17.2 Å². The zero-order chi connectivity index (χ0) is 26.1. The topological polar surface area (TPSA) is 112 Å². The van der Waals surface area contributed by atoms with Crippen LogP contribution in [0.25, 0.3) is 33.9 Å². The number of nitrogens with zero attached hydrogens (tertiary/aromatic N) is 4. The zero-order valence-electron chi connectivity index (χ0n) is 20.3. The van der Waals surface area contributed by atoms with E-state index in [1.807, 2.05) is 19.9 Å². The molecule has 9 nitrogen and oxygen atoms in total. The van der Waals surface area contributed by atoms with Crippen molar-refractivity contribution >= 4 is 34.2 Å². The molecule has 0 atom stereocenters. The Balaban J connectivity index is 1.53. The van der Waals surface area contributed by atoms with Crippen LogP contribution in [0.2, 0.25) is 5.02 Å². The van der Waals surface area contributed by atoms with Gasteiger partial charge in [-0.05, 0) is 67.9 Å². The van der Waals surface area contributed by atoms with Gasteiger partial charge in [-0.2, -0.15) is 4.98 Å². The van der Waals surface area contributed by atoms with Crippen molar-refractivity contribution in [2.75, 3.05) is 12.4 Å². The van der Waals surface area contributed by atoms with Crippen LogP contribution < -0.4 is 15.5 Å². The fraction of sp³-hybridized carbons (Fsp3) is 0.148. The molecule has 0 fully saturated rings. The summed E-state index contributed by atoms with van der Waals surface area (Å²) in [6.07, 6.45) is 1.51. The second-order valence-electron chi connectivity index (χ2n) is 8.51. The maximum Gasteiger partial charge on any atom is 0.263 e. The summed E-state index contributed by atoms with van der Waals surface area (Å²) in [5, 5.41) is 7.61. The highest BCUT2D eigenvalue weighted by atomic mass is 35.5. The van der Waals surface area contributed by atoms with E-state index in [1.165, 1.54) is 6.20 Å². The van der Waals surface area contributed by atoms with E-state index in [0.29, 0.717) is 44.6 Å². The normalized spacial score (nSPS) is 11.0. The number of carbonyl (C=O) groups excluding carboxylic acids is 1. The molecule has 10 heteroatoms. The maximum atomic E-state index is 13.4. The molecule has 1 amide bonds. The molecule has 0 aliphatic carbocycles. The van der Waals surface area contributed by atoms with Crippen molar-refractivity contribution in [3.63, 3.8) is 0 Å². The number of nitrogens with one attached hydrogen (secondary N) is 1. The zero-order valence-corrected chi connectivity index (χ0v) is 21.0. The summed E-state index contributed by atoms with van der Waals surface area (Å²) >= 11 is 6.28. The summed E-state index contributed by atoms with van der Waals surface area (Å²) in [6, 6.07) is 15.9. The van der Waals surface area contributed by atoms with Gasteiger partial charge in [0.15, 0.2) is 0 Å². The third-order valence-electron chi connectivity index (χ3n) is 5.78. The molecule has 0 saturated carbocycles. The third-order valence-corrected chi connectivity index (χ3v) is 6.09. The average molecular weight is 516 g/mol. The van der Waals surface area contributed by atoms with Crippen LogP contribution >= 0.6 is 11.6 Å². The number of ether oxygens (including phenoxy) is 1. The quantitative estimate of drug-likeness (QED) is 0.337. The van der Waals surface area contributed by atoms with E-state index >= 15 is 0 Å². The molecular formula is C27H22ClN5O4. The van der Waals surface area contributed by atoms with Gasteiger partial charge in [-0.15, -0.1) is 0 Å². The van der Waals surface area contributed by atoms with Crippen LogP contribution in [0.15, 0.2) is 70.1 Å². The second kappa shape index (κ2) is 9.87. The van der Waals surface area contributed by atoms with E-state index < -0.39 is 0 Å². The monoisotopic (exact) mass is 515 g/mol. The van der Waals surface area contributed by atoms with Gasteiger partial charge >= 0.3 is 0 Å². The fourth-order valence-electron chi connectivity index (χ4n) is 3.89. The van der Waals surface area contributed by atoms with Crippen LogP contribution in [-0.2, 0) is 11.3 Å². The summed E-state index contributed by atoms with van der Waals surface area (Å²) in [6.45, 7) is 3.61. The molecule has 0 radical (unpaired) electrons. The van der Waals surface area contributed by atoms with Crippen molar-refractivity contribution in [2.45, 2.75) is 20.4 Å². The predicted molar refractivity (Wildman–Crippen MR) is 141 cm³/mol. The molecule has 0 unspecified atom stereocenters. The first-order valence-corrected chi connectivity index (χ1v) is 11.8. The number of halogens is 1.